The first-order chi connectivity index (χ1) is 11.2. The number of nitrogens with one attached hydrogen (secondary N) is 1. The van der Waals surface area contributed by atoms with Crippen molar-refractivity contribution in [2.75, 3.05) is 33.4 Å². The number of carbonyl (C=O) groups excluding carboxylic acids is 2. The third-order valence-corrected chi connectivity index (χ3v) is 3.21. The van der Waals surface area contributed by atoms with E-state index in [0.29, 0.717) is 57.0 Å². The van der Waals surface area contributed by atoms with E-state index in [-0.39, 0.29) is 0 Å². The van der Waals surface area contributed by atoms with Gasteiger partial charge < -0.3 is 20.5 Å². The molecule has 0 saturated heterocycles. The lowest BCUT2D eigenvalue weighted by molar-refractivity contribution is -0.115. The average Bonchev–Trinajstić information content (AvgIpc) is 2.57. The number of urea groups is 1. The van der Waals surface area contributed by atoms with Gasteiger partial charge in [-0.3, -0.25) is 9.69 Å². The van der Waals surface area contributed by atoms with Gasteiger partial charge in [-0.15, -0.1) is 0 Å². The Morgan fingerprint density at radius 2 is 2.17 bits per heavy atom. The number of carbonyl (C=O) groups is 2. The predicted molar refractivity (Wildman–Crippen MR) is 87.7 cm³/mol. The fourth-order valence-electron chi connectivity index (χ4n) is 2.02. The molecule has 0 spiro atoms. The monoisotopic (exact) mass is 323 g/mol. The number of nitrogens with zero attached hydrogens (tertiary/aromatic N) is 1. The Kier molecular flexibility index (Phi) is 8.52. The highest BCUT2D eigenvalue weighted by Gasteiger charge is 2.11. The maximum Gasteiger partial charge on any atom is 0.323 e. The Morgan fingerprint density at radius 3 is 2.78 bits per heavy atom. The smallest absolute Gasteiger partial charge is 0.323 e. The minimum Gasteiger partial charge on any atom is -0.493 e. The first-order valence-corrected chi connectivity index (χ1v) is 7.65. The van der Waals surface area contributed by atoms with Crippen LogP contribution in [0.4, 0.5) is 4.79 Å². The van der Waals surface area contributed by atoms with Gasteiger partial charge in [0.1, 0.15) is 0 Å². The van der Waals surface area contributed by atoms with Crippen LogP contribution in [0.5, 0.6) is 11.5 Å². The minimum atomic E-state index is -0.411. The van der Waals surface area contributed by atoms with Crippen molar-refractivity contribution in [2.24, 2.45) is 5.73 Å². The van der Waals surface area contributed by atoms with E-state index >= 15 is 0 Å². The zero-order chi connectivity index (χ0) is 17.1. The summed E-state index contributed by atoms with van der Waals surface area (Å²) in [5.41, 5.74) is 6.38. The molecule has 0 unspecified atom stereocenters. The molecule has 1 rings (SSSR count). The minimum absolute atomic E-state index is 0.322. The second-order valence-electron chi connectivity index (χ2n) is 4.84. The third kappa shape index (κ3) is 6.15. The van der Waals surface area contributed by atoms with Crippen molar-refractivity contribution in [3.8, 4) is 11.5 Å². The van der Waals surface area contributed by atoms with E-state index < -0.39 is 6.03 Å². The summed E-state index contributed by atoms with van der Waals surface area (Å²) in [6, 6.07) is 5.24. The van der Waals surface area contributed by atoms with E-state index in [1.54, 1.807) is 7.11 Å². The quantitative estimate of drug-likeness (QED) is 0.630. The summed E-state index contributed by atoms with van der Waals surface area (Å²) in [5, 5.41) is 2.71. The highest BCUT2D eigenvalue weighted by molar-refractivity contribution is 5.84. The molecular formula is C16H25N3O4. The molecule has 23 heavy (non-hydrogen) atoms. The standard InChI is InChI=1S/C16H25N3O4/c1-3-23-14-6-5-13(11-15(14)22-2)7-9-18-16(21)19(12-20)10-4-8-17/h5-6,11-12H,3-4,7-10,17H2,1-2H3,(H,18,21). The zero-order valence-corrected chi connectivity index (χ0v) is 13.7. The van der Waals surface area contributed by atoms with Crippen molar-refractivity contribution >= 4 is 12.4 Å². The molecule has 0 aromatic heterocycles. The SMILES string of the molecule is CCOc1ccc(CCNC(=O)N(C=O)CCCN)cc1OC. The predicted octanol–water partition coefficient (Wildman–Crippen LogP) is 1.15. The van der Waals surface area contributed by atoms with Crippen molar-refractivity contribution in [3.05, 3.63) is 23.8 Å². The van der Waals surface area contributed by atoms with Crippen LogP contribution in [0.25, 0.3) is 0 Å². The van der Waals surface area contributed by atoms with Crippen molar-refractivity contribution in [1.29, 1.82) is 0 Å². The molecule has 7 nitrogen and oxygen atoms in total. The van der Waals surface area contributed by atoms with Crippen LogP contribution in [-0.4, -0.2) is 50.7 Å². The number of hydrogen-bond acceptors (Lipinski definition) is 5. The van der Waals surface area contributed by atoms with Crippen LogP contribution in [0.3, 0.4) is 0 Å². The van der Waals surface area contributed by atoms with Crippen molar-refractivity contribution in [3.63, 3.8) is 0 Å². The van der Waals surface area contributed by atoms with Gasteiger partial charge in [0.25, 0.3) is 0 Å². The molecule has 3 amide bonds. The van der Waals surface area contributed by atoms with Gasteiger partial charge in [0.2, 0.25) is 6.41 Å². The van der Waals surface area contributed by atoms with Gasteiger partial charge in [0.05, 0.1) is 13.7 Å². The van der Waals surface area contributed by atoms with Gasteiger partial charge in [-0.25, -0.2) is 4.79 Å². The molecule has 0 bridgehead atoms. The van der Waals surface area contributed by atoms with E-state index in [0.717, 1.165) is 10.5 Å². The first-order valence-electron chi connectivity index (χ1n) is 7.65. The summed E-state index contributed by atoms with van der Waals surface area (Å²) in [6.45, 7) is 3.65. The van der Waals surface area contributed by atoms with E-state index in [9.17, 15) is 9.59 Å². The van der Waals surface area contributed by atoms with Crippen molar-refractivity contribution < 1.29 is 19.1 Å². The maximum atomic E-state index is 11.8. The summed E-state index contributed by atoms with van der Waals surface area (Å²) in [4.78, 5) is 23.8. The molecule has 0 aliphatic heterocycles. The lowest BCUT2D eigenvalue weighted by Gasteiger charge is -2.16. The molecule has 0 atom stereocenters. The molecule has 0 aliphatic carbocycles. The highest BCUT2D eigenvalue weighted by atomic mass is 16.5. The van der Waals surface area contributed by atoms with Gasteiger partial charge in [0.15, 0.2) is 11.5 Å². The Bertz CT molecular complexity index is 508. The van der Waals surface area contributed by atoms with Gasteiger partial charge in [0, 0.05) is 13.1 Å². The molecule has 0 saturated carbocycles. The second-order valence-corrected chi connectivity index (χ2v) is 4.84. The Balaban J connectivity index is 2.51. The van der Waals surface area contributed by atoms with Crippen LogP contribution in [0.2, 0.25) is 0 Å². The number of nitrogens with two attached hydrogens (primary N) is 1. The molecule has 1 aromatic carbocycles. The number of ether oxygens (including phenoxy) is 2. The van der Waals surface area contributed by atoms with Gasteiger partial charge in [-0.05, 0) is 44.0 Å². The van der Waals surface area contributed by atoms with Gasteiger partial charge >= 0.3 is 6.03 Å². The number of benzene rings is 1. The topological polar surface area (TPSA) is 93.9 Å². The van der Waals surface area contributed by atoms with Crippen LogP contribution in [0.1, 0.15) is 18.9 Å². The van der Waals surface area contributed by atoms with Crippen LogP contribution >= 0.6 is 0 Å². The summed E-state index contributed by atoms with van der Waals surface area (Å²) in [7, 11) is 1.59. The lowest BCUT2D eigenvalue weighted by atomic mass is 10.1. The van der Waals surface area contributed by atoms with Crippen LogP contribution in [0, 0.1) is 0 Å². The lowest BCUT2D eigenvalue weighted by Crippen LogP contribution is -2.40. The highest BCUT2D eigenvalue weighted by Crippen LogP contribution is 2.28. The van der Waals surface area contributed by atoms with Crippen molar-refractivity contribution in [1.82, 2.24) is 10.2 Å². The molecule has 0 fully saturated rings. The fourth-order valence-corrected chi connectivity index (χ4v) is 2.02. The molecule has 7 heteroatoms. The van der Waals surface area contributed by atoms with Crippen LogP contribution in [0.15, 0.2) is 18.2 Å². The van der Waals surface area contributed by atoms with E-state index in [1.807, 2.05) is 25.1 Å². The van der Waals surface area contributed by atoms with Crippen LogP contribution in [-0.2, 0) is 11.2 Å². The summed E-state index contributed by atoms with van der Waals surface area (Å²) < 4.78 is 10.7. The van der Waals surface area contributed by atoms with E-state index in [4.69, 9.17) is 15.2 Å². The molecule has 0 heterocycles. The van der Waals surface area contributed by atoms with Gasteiger partial charge in [-0.2, -0.15) is 0 Å². The fraction of sp³-hybridized carbons (Fsp3) is 0.500. The van der Waals surface area contributed by atoms with Crippen molar-refractivity contribution in [2.45, 2.75) is 19.8 Å². The first kappa shape index (κ1) is 18.8. The number of hydrogen-bond donors (Lipinski definition) is 2. The third-order valence-electron chi connectivity index (χ3n) is 3.21. The number of methoxy groups -OCH3 is 1. The zero-order valence-electron chi connectivity index (χ0n) is 13.7. The molecule has 0 aliphatic rings. The number of amides is 3. The maximum absolute atomic E-state index is 11.8. The Labute approximate surface area is 136 Å². The molecule has 1 aromatic rings. The normalized spacial score (nSPS) is 10.0. The summed E-state index contributed by atoms with van der Waals surface area (Å²) in [6.07, 6.45) is 1.73. The average molecular weight is 323 g/mol. The Morgan fingerprint density at radius 1 is 1.39 bits per heavy atom. The van der Waals surface area contributed by atoms with Crippen LogP contribution < -0.4 is 20.5 Å². The Hall–Kier alpha value is -2.28. The van der Waals surface area contributed by atoms with Gasteiger partial charge in [-0.1, -0.05) is 6.07 Å². The molecular weight excluding hydrogens is 298 g/mol. The van der Waals surface area contributed by atoms with E-state index in [2.05, 4.69) is 5.32 Å². The largest absolute Gasteiger partial charge is 0.493 e. The number of rotatable bonds is 10. The second kappa shape index (κ2) is 10.4. The molecule has 128 valence electrons. The summed E-state index contributed by atoms with van der Waals surface area (Å²) >= 11 is 0. The molecule has 3 N–H and O–H groups in total. The van der Waals surface area contributed by atoms with E-state index in [1.165, 1.54) is 0 Å². The molecule has 0 radical (unpaired) electrons. The summed E-state index contributed by atoms with van der Waals surface area (Å²) in [5.74, 6) is 1.35. The number of imide groups is 1.